The van der Waals surface area contributed by atoms with Crippen LogP contribution in [-0.4, -0.2) is 34.6 Å². The second-order valence-electron chi connectivity index (χ2n) is 8.88. The Labute approximate surface area is 207 Å². The number of amides is 3. The van der Waals surface area contributed by atoms with Crippen molar-refractivity contribution < 1.29 is 37.0 Å². The second-order valence-corrected chi connectivity index (χ2v) is 8.88. The molecule has 3 aromatic rings. The molecule has 4 N–H and O–H groups in total. The summed E-state index contributed by atoms with van der Waals surface area (Å²) in [5, 5.41) is 18.0. The predicted octanol–water partition coefficient (Wildman–Crippen LogP) is 4.77. The van der Waals surface area contributed by atoms with Crippen LogP contribution in [-0.2, 0) is 6.18 Å². The minimum atomic E-state index is -4.90. The van der Waals surface area contributed by atoms with Gasteiger partial charge in [-0.05, 0) is 54.8 Å². The zero-order chi connectivity index (χ0) is 26.5. The Morgan fingerprint density at radius 1 is 1.11 bits per heavy atom. The Morgan fingerprint density at radius 2 is 1.86 bits per heavy atom. The molecule has 3 amide bonds. The lowest BCUT2D eigenvalue weighted by molar-refractivity contribution is -0.139. The molecule has 5 rings (SSSR count). The van der Waals surface area contributed by atoms with Gasteiger partial charge < -0.3 is 25.8 Å². The molecule has 37 heavy (non-hydrogen) atoms. The van der Waals surface area contributed by atoms with Crippen molar-refractivity contribution in [2.45, 2.75) is 24.1 Å². The minimum absolute atomic E-state index is 0.000245. The molecule has 12 heteroatoms. The van der Waals surface area contributed by atoms with Gasteiger partial charge in [-0.15, -0.1) is 0 Å². The summed E-state index contributed by atoms with van der Waals surface area (Å²) in [6, 6.07) is 9.13. The van der Waals surface area contributed by atoms with E-state index in [-0.39, 0.29) is 34.9 Å². The molecule has 0 unspecified atom stereocenters. The predicted molar refractivity (Wildman–Crippen MR) is 123 cm³/mol. The molecule has 0 bridgehead atoms. The summed E-state index contributed by atoms with van der Waals surface area (Å²) in [6.45, 7) is 0. The van der Waals surface area contributed by atoms with Crippen LogP contribution in [0.25, 0.3) is 0 Å². The Kier molecular flexibility index (Phi) is 5.69. The third-order valence-corrected chi connectivity index (χ3v) is 6.54. The molecule has 2 aliphatic rings. The molecule has 1 heterocycles. The number of hydrogen-bond donors (Lipinski definition) is 4. The number of pyridine rings is 1. The summed E-state index contributed by atoms with van der Waals surface area (Å²) in [6.07, 6.45) is -2.84. The molecule has 0 saturated heterocycles. The van der Waals surface area contributed by atoms with Crippen LogP contribution in [0, 0.1) is 11.7 Å². The molecule has 2 fully saturated rings. The number of carbonyl (C=O) groups excluding carboxylic acids is 2. The summed E-state index contributed by atoms with van der Waals surface area (Å²) >= 11 is 0. The van der Waals surface area contributed by atoms with Gasteiger partial charge in [0.1, 0.15) is 28.8 Å². The fourth-order valence-electron chi connectivity index (χ4n) is 4.53. The first-order chi connectivity index (χ1) is 17.5. The molecule has 2 aliphatic carbocycles. The molecular formula is C25H20F4N4O4. The standard InChI is InChI=1S/C25H20F4N4O4/c1-30-22(35)19-10-14(6-7-31-19)37-13-3-5-20(34)15(9-13)21-17-11-24(17,21)33-23(36)32-12-2-4-18(26)16(8-12)25(27,28)29/h2-10,17,21,34H,11H2,1H3,(H,30,35)(H2,32,33,36)/t17-,21+,24-/m0/s1. The maximum Gasteiger partial charge on any atom is 0.419 e. The number of ether oxygens (including phenoxy) is 1. The summed E-state index contributed by atoms with van der Waals surface area (Å²) in [7, 11) is 1.48. The number of phenols is 1. The molecule has 1 aromatic heterocycles. The number of carbonyl (C=O) groups is 2. The average Bonchev–Trinajstić information content (AvgIpc) is 3.71. The first kappa shape index (κ1) is 24.3. The normalized spacial score (nSPS) is 21.4. The highest BCUT2D eigenvalue weighted by atomic mass is 19.4. The minimum Gasteiger partial charge on any atom is -0.508 e. The van der Waals surface area contributed by atoms with Crippen LogP contribution in [0.15, 0.2) is 54.7 Å². The van der Waals surface area contributed by atoms with Gasteiger partial charge in [0.05, 0.1) is 11.1 Å². The number of alkyl halides is 3. The van der Waals surface area contributed by atoms with E-state index in [0.717, 1.165) is 6.07 Å². The monoisotopic (exact) mass is 516 g/mol. The molecule has 3 atom stereocenters. The van der Waals surface area contributed by atoms with E-state index in [1.807, 2.05) is 0 Å². The second kappa shape index (κ2) is 8.64. The summed E-state index contributed by atoms with van der Waals surface area (Å²) < 4.78 is 58.2. The number of phenolic OH excluding ortho intramolecular Hbond substituents is 1. The van der Waals surface area contributed by atoms with Crippen LogP contribution in [0.5, 0.6) is 17.2 Å². The van der Waals surface area contributed by atoms with Gasteiger partial charge in [0, 0.05) is 36.5 Å². The van der Waals surface area contributed by atoms with E-state index in [1.165, 1.54) is 25.4 Å². The van der Waals surface area contributed by atoms with Gasteiger partial charge in [0.25, 0.3) is 5.91 Å². The third kappa shape index (κ3) is 4.61. The van der Waals surface area contributed by atoms with Crippen molar-refractivity contribution in [3.63, 3.8) is 0 Å². The maximum atomic E-state index is 13.5. The van der Waals surface area contributed by atoms with Gasteiger partial charge in [-0.25, -0.2) is 9.18 Å². The number of rotatable bonds is 6. The largest absolute Gasteiger partial charge is 0.508 e. The number of anilines is 1. The van der Waals surface area contributed by atoms with Crippen molar-refractivity contribution in [3.8, 4) is 17.2 Å². The smallest absolute Gasteiger partial charge is 0.419 e. The molecular weight excluding hydrogens is 496 g/mol. The van der Waals surface area contributed by atoms with Gasteiger partial charge >= 0.3 is 12.2 Å². The lowest BCUT2D eigenvalue weighted by atomic mass is 9.99. The highest BCUT2D eigenvalue weighted by molar-refractivity contribution is 5.92. The number of benzene rings is 2. The van der Waals surface area contributed by atoms with Crippen LogP contribution in [0.4, 0.5) is 28.0 Å². The Hall–Kier alpha value is -4.35. The molecule has 0 spiro atoms. The quantitative estimate of drug-likeness (QED) is 0.353. The van der Waals surface area contributed by atoms with Crippen LogP contribution in [0.3, 0.4) is 0 Å². The number of nitrogens with zero attached hydrogens (tertiary/aromatic N) is 1. The van der Waals surface area contributed by atoms with Crippen LogP contribution in [0.1, 0.15) is 34.0 Å². The van der Waals surface area contributed by atoms with Crippen molar-refractivity contribution in [1.82, 2.24) is 15.6 Å². The molecule has 2 saturated carbocycles. The number of aromatic hydroxyl groups is 1. The number of nitrogens with one attached hydrogen (secondary N) is 3. The topological polar surface area (TPSA) is 113 Å². The van der Waals surface area contributed by atoms with Crippen LogP contribution < -0.4 is 20.7 Å². The van der Waals surface area contributed by atoms with Crippen molar-refractivity contribution in [1.29, 1.82) is 0 Å². The van der Waals surface area contributed by atoms with Crippen molar-refractivity contribution >= 4 is 17.6 Å². The fourth-order valence-corrected chi connectivity index (χ4v) is 4.53. The zero-order valence-corrected chi connectivity index (χ0v) is 19.2. The molecule has 0 radical (unpaired) electrons. The first-order valence-electron chi connectivity index (χ1n) is 11.2. The van der Waals surface area contributed by atoms with E-state index in [2.05, 4.69) is 20.9 Å². The molecule has 8 nitrogen and oxygen atoms in total. The lowest BCUT2D eigenvalue weighted by Gasteiger charge is -2.17. The van der Waals surface area contributed by atoms with E-state index in [1.54, 1.807) is 18.2 Å². The Morgan fingerprint density at radius 3 is 2.57 bits per heavy atom. The third-order valence-electron chi connectivity index (χ3n) is 6.54. The number of fused-ring (bicyclic) bond motifs is 1. The van der Waals surface area contributed by atoms with E-state index >= 15 is 0 Å². The van der Waals surface area contributed by atoms with Gasteiger partial charge in [0.15, 0.2) is 0 Å². The summed E-state index contributed by atoms with van der Waals surface area (Å²) in [4.78, 5) is 28.3. The van der Waals surface area contributed by atoms with E-state index in [4.69, 9.17) is 4.74 Å². The number of aromatic nitrogens is 1. The number of halogens is 4. The Bertz CT molecular complexity index is 1410. The van der Waals surface area contributed by atoms with Crippen molar-refractivity contribution in [2.24, 2.45) is 5.92 Å². The van der Waals surface area contributed by atoms with Crippen molar-refractivity contribution in [2.75, 3.05) is 12.4 Å². The highest BCUT2D eigenvalue weighted by Gasteiger charge is 2.80. The fraction of sp³-hybridized carbons (Fsp3) is 0.240. The summed E-state index contributed by atoms with van der Waals surface area (Å²) in [5.74, 6) is -1.25. The first-order valence-corrected chi connectivity index (χ1v) is 11.2. The lowest BCUT2D eigenvalue weighted by Crippen LogP contribution is -2.36. The molecule has 0 aliphatic heterocycles. The SMILES string of the molecule is CNC(=O)c1cc(Oc2ccc(O)c([C@@H]3[C@@H]4C[C@@]34NC(=O)Nc3ccc(F)c(C(F)(F)F)c3)c2)ccn1. The van der Waals surface area contributed by atoms with Gasteiger partial charge in [-0.2, -0.15) is 13.2 Å². The van der Waals surface area contributed by atoms with Gasteiger partial charge in [0.2, 0.25) is 0 Å². The highest BCUT2D eigenvalue weighted by Crippen LogP contribution is 2.77. The van der Waals surface area contributed by atoms with Gasteiger partial charge in [-0.3, -0.25) is 9.78 Å². The summed E-state index contributed by atoms with van der Waals surface area (Å²) in [5.41, 5.74) is -1.62. The Balaban J connectivity index is 1.27. The van der Waals surface area contributed by atoms with Crippen LogP contribution >= 0.6 is 0 Å². The van der Waals surface area contributed by atoms with E-state index < -0.39 is 29.1 Å². The maximum absolute atomic E-state index is 13.5. The zero-order valence-electron chi connectivity index (χ0n) is 19.2. The molecule has 2 aromatic carbocycles. The van der Waals surface area contributed by atoms with E-state index in [9.17, 15) is 32.3 Å². The van der Waals surface area contributed by atoms with E-state index in [0.29, 0.717) is 35.6 Å². The molecule has 192 valence electrons. The number of hydrogen-bond acceptors (Lipinski definition) is 5. The van der Waals surface area contributed by atoms with Gasteiger partial charge in [-0.1, -0.05) is 0 Å². The number of urea groups is 1. The average molecular weight is 516 g/mol. The van der Waals surface area contributed by atoms with Crippen molar-refractivity contribution in [3.05, 3.63) is 77.4 Å². The van der Waals surface area contributed by atoms with Crippen LogP contribution in [0.2, 0.25) is 0 Å².